The van der Waals surface area contributed by atoms with Gasteiger partial charge in [-0.3, -0.25) is 4.79 Å². The van der Waals surface area contributed by atoms with E-state index >= 15 is 0 Å². The molecule has 7 heteroatoms. The molecule has 1 amide bonds. The average Bonchev–Trinajstić information content (AvgIpc) is 2.91. The Hall–Kier alpha value is -0.890. The van der Waals surface area contributed by atoms with E-state index in [9.17, 15) is 4.79 Å². The number of anilines is 1. The summed E-state index contributed by atoms with van der Waals surface area (Å²) in [6.45, 7) is 2.00. The molecule has 3 nitrogen and oxygen atoms in total. The zero-order valence-corrected chi connectivity index (χ0v) is 16.9. The minimum absolute atomic E-state index is 0.0560. The van der Waals surface area contributed by atoms with Crippen LogP contribution in [0.1, 0.15) is 5.56 Å². The maximum atomic E-state index is 12.2. The summed E-state index contributed by atoms with van der Waals surface area (Å²) in [5.74, 6) is 0.270. The van der Waals surface area contributed by atoms with Crippen LogP contribution in [0.2, 0.25) is 0 Å². The average molecular weight is 472 g/mol. The van der Waals surface area contributed by atoms with Crippen molar-refractivity contribution in [2.75, 3.05) is 11.1 Å². The molecule has 0 spiro atoms. The van der Waals surface area contributed by atoms with Crippen molar-refractivity contribution >= 4 is 76.8 Å². The molecule has 1 aromatic heterocycles. The van der Waals surface area contributed by atoms with E-state index in [0.29, 0.717) is 5.75 Å². The molecule has 1 heterocycles. The fraction of sp³-hybridized carbons (Fsp3) is 0.125. The molecule has 23 heavy (non-hydrogen) atoms. The highest BCUT2D eigenvalue weighted by Gasteiger charge is 2.12. The summed E-state index contributed by atoms with van der Waals surface area (Å²) in [6.07, 6.45) is 0. The van der Waals surface area contributed by atoms with Crippen LogP contribution < -0.4 is 5.32 Å². The highest BCUT2D eigenvalue weighted by molar-refractivity contribution is 9.11. The zero-order chi connectivity index (χ0) is 16.4. The van der Waals surface area contributed by atoms with Gasteiger partial charge in [0.1, 0.15) is 0 Å². The van der Waals surface area contributed by atoms with Crippen LogP contribution in [0.15, 0.2) is 49.7 Å². The van der Waals surface area contributed by atoms with E-state index in [2.05, 4.69) is 42.2 Å². The molecule has 0 aliphatic carbocycles. The lowest BCUT2D eigenvalue weighted by Gasteiger charge is -2.10. The number of rotatable bonds is 4. The number of nitrogens with one attached hydrogen (secondary N) is 1. The number of carbonyl (C=O) groups is 1. The number of thiazole rings is 1. The molecule has 3 rings (SSSR count). The van der Waals surface area contributed by atoms with Crippen molar-refractivity contribution in [3.05, 3.63) is 50.9 Å². The van der Waals surface area contributed by atoms with E-state index in [1.807, 2.05) is 43.3 Å². The topological polar surface area (TPSA) is 42.0 Å². The minimum Gasteiger partial charge on any atom is -0.323 e. The monoisotopic (exact) mass is 470 g/mol. The van der Waals surface area contributed by atoms with Gasteiger partial charge in [-0.25, -0.2) is 4.98 Å². The number of hydrogen-bond acceptors (Lipinski definition) is 4. The molecule has 0 bridgehead atoms. The number of hydrogen-bond donors (Lipinski definition) is 1. The van der Waals surface area contributed by atoms with Crippen LogP contribution in [0.3, 0.4) is 0 Å². The summed E-state index contributed by atoms with van der Waals surface area (Å²) in [5, 5.41) is 2.93. The zero-order valence-electron chi connectivity index (χ0n) is 12.1. The number of nitrogens with zero attached hydrogens (tertiary/aromatic N) is 1. The summed E-state index contributed by atoms with van der Waals surface area (Å²) < 4.78 is 3.77. The normalized spacial score (nSPS) is 10.9. The Morgan fingerprint density at radius 1 is 1.26 bits per heavy atom. The van der Waals surface area contributed by atoms with E-state index < -0.39 is 0 Å². The van der Waals surface area contributed by atoms with E-state index in [0.717, 1.165) is 34.8 Å². The largest absolute Gasteiger partial charge is 0.323 e. The number of fused-ring (bicyclic) bond motifs is 1. The van der Waals surface area contributed by atoms with Crippen LogP contribution in [-0.4, -0.2) is 16.6 Å². The number of carbonyl (C=O) groups excluding carboxylic acids is 1. The number of halogens is 2. The van der Waals surface area contributed by atoms with Crippen LogP contribution in [0, 0.1) is 6.92 Å². The van der Waals surface area contributed by atoms with Crippen molar-refractivity contribution in [2.24, 2.45) is 0 Å². The van der Waals surface area contributed by atoms with Gasteiger partial charge >= 0.3 is 0 Å². The van der Waals surface area contributed by atoms with Gasteiger partial charge in [-0.05, 0) is 68.6 Å². The predicted octanol–water partition coefficient (Wildman–Crippen LogP) is 5.86. The van der Waals surface area contributed by atoms with Gasteiger partial charge in [0.25, 0.3) is 0 Å². The molecule has 0 saturated heterocycles. The third kappa shape index (κ3) is 4.15. The number of aromatic nitrogens is 1. The van der Waals surface area contributed by atoms with Crippen LogP contribution in [0.25, 0.3) is 10.2 Å². The van der Waals surface area contributed by atoms with Crippen molar-refractivity contribution in [1.29, 1.82) is 0 Å². The molecule has 0 saturated carbocycles. The molecule has 0 aliphatic heterocycles. The SMILES string of the molecule is Cc1cc(Br)c(NC(=O)CSc2nc3ccccc3s2)c(Br)c1. The van der Waals surface area contributed by atoms with Gasteiger partial charge in [-0.15, -0.1) is 11.3 Å². The third-order valence-corrected chi connectivity index (χ3v) is 6.48. The summed E-state index contributed by atoms with van der Waals surface area (Å²) >= 11 is 10.0. The highest BCUT2D eigenvalue weighted by Crippen LogP contribution is 2.33. The number of amides is 1. The lowest BCUT2D eigenvalue weighted by molar-refractivity contribution is -0.113. The van der Waals surface area contributed by atoms with Gasteiger partial charge in [-0.1, -0.05) is 23.9 Å². The van der Waals surface area contributed by atoms with Gasteiger partial charge in [0, 0.05) is 8.95 Å². The Balaban J connectivity index is 1.66. The Bertz CT molecular complexity index is 823. The summed E-state index contributed by atoms with van der Waals surface area (Å²) in [7, 11) is 0. The first-order valence-electron chi connectivity index (χ1n) is 6.77. The number of para-hydroxylation sites is 1. The predicted molar refractivity (Wildman–Crippen MR) is 106 cm³/mol. The molecule has 1 N–H and O–H groups in total. The maximum absolute atomic E-state index is 12.2. The van der Waals surface area contributed by atoms with Crippen molar-refractivity contribution in [1.82, 2.24) is 4.98 Å². The number of thioether (sulfide) groups is 1. The van der Waals surface area contributed by atoms with Crippen LogP contribution in [-0.2, 0) is 4.79 Å². The third-order valence-electron chi connectivity index (χ3n) is 3.05. The fourth-order valence-corrected chi connectivity index (χ4v) is 5.52. The van der Waals surface area contributed by atoms with Crippen molar-refractivity contribution in [2.45, 2.75) is 11.3 Å². The second kappa shape index (κ2) is 7.34. The van der Waals surface area contributed by atoms with Crippen LogP contribution in [0.5, 0.6) is 0 Å². The maximum Gasteiger partial charge on any atom is 0.234 e. The molecule has 118 valence electrons. The van der Waals surface area contributed by atoms with E-state index in [-0.39, 0.29) is 5.91 Å². The number of aryl methyl sites for hydroxylation is 1. The molecular formula is C16H12Br2N2OS2. The molecular weight excluding hydrogens is 460 g/mol. The van der Waals surface area contributed by atoms with Crippen LogP contribution >= 0.6 is 55.0 Å². The molecule has 0 atom stereocenters. The molecule has 0 aliphatic rings. The van der Waals surface area contributed by atoms with Crippen molar-refractivity contribution < 1.29 is 4.79 Å². The standard InChI is InChI=1S/C16H12Br2N2OS2/c1-9-6-10(17)15(11(18)7-9)20-14(21)8-22-16-19-12-4-2-3-5-13(12)23-16/h2-7H,8H2,1H3,(H,20,21). The van der Waals surface area contributed by atoms with E-state index in [4.69, 9.17) is 0 Å². The Labute approximate surface area is 159 Å². The van der Waals surface area contributed by atoms with Crippen molar-refractivity contribution in [3.63, 3.8) is 0 Å². The highest BCUT2D eigenvalue weighted by atomic mass is 79.9. The summed E-state index contributed by atoms with van der Waals surface area (Å²) in [4.78, 5) is 16.7. The molecule has 0 radical (unpaired) electrons. The molecule has 0 unspecified atom stereocenters. The van der Waals surface area contributed by atoms with Gasteiger partial charge in [0.05, 0.1) is 21.7 Å². The first-order chi connectivity index (χ1) is 11.0. The summed E-state index contributed by atoms with van der Waals surface area (Å²) in [6, 6.07) is 11.9. The Morgan fingerprint density at radius 2 is 1.96 bits per heavy atom. The van der Waals surface area contributed by atoms with Gasteiger partial charge < -0.3 is 5.32 Å². The smallest absolute Gasteiger partial charge is 0.234 e. The van der Waals surface area contributed by atoms with Gasteiger partial charge in [0.2, 0.25) is 5.91 Å². The molecule has 0 fully saturated rings. The molecule has 2 aromatic carbocycles. The van der Waals surface area contributed by atoms with Gasteiger partial charge in [0.15, 0.2) is 4.34 Å². The van der Waals surface area contributed by atoms with Crippen LogP contribution in [0.4, 0.5) is 5.69 Å². The van der Waals surface area contributed by atoms with E-state index in [1.165, 1.54) is 11.8 Å². The second-order valence-electron chi connectivity index (χ2n) is 4.89. The quantitative estimate of drug-likeness (QED) is 0.484. The van der Waals surface area contributed by atoms with E-state index in [1.54, 1.807) is 11.3 Å². The fourth-order valence-electron chi connectivity index (χ4n) is 2.03. The second-order valence-corrected chi connectivity index (χ2v) is 8.85. The Kier molecular flexibility index (Phi) is 5.41. The minimum atomic E-state index is -0.0560. The number of benzene rings is 2. The van der Waals surface area contributed by atoms with Crippen molar-refractivity contribution in [3.8, 4) is 0 Å². The summed E-state index contributed by atoms with van der Waals surface area (Å²) in [5.41, 5.74) is 2.85. The Morgan fingerprint density at radius 3 is 2.65 bits per heavy atom. The lowest BCUT2D eigenvalue weighted by atomic mass is 10.2. The lowest BCUT2D eigenvalue weighted by Crippen LogP contribution is -2.14. The first-order valence-corrected chi connectivity index (χ1v) is 10.2. The van der Waals surface area contributed by atoms with Gasteiger partial charge in [-0.2, -0.15) is 0 Å². The molecule has 3 aromatic rings. The first kappa shape index (κ1) is 17.0.